The zero-order chi connectivity index (χ0) is 15.8. The summed E-state index contributed by atoms with van der Waals surface area (Å²) in [6.45, 7) is 0.581. The summed E-state index contributed by atoms with van der Waals surface area (Å²) in [6, 6.07) is 5.98. The van der Waals surface area contributed by atoms with Crippen molar-refractivity contribution in [2.24, 2.45) is 5.73 Å². The van der Waals surface area contributed by atoms with Gasteiger partial charge in [-0.15, -0.1) is 0 Å². The Morgan fingerprint density at radius 2 is 1.91 bits per heavy atom. The van der Waals surface area contributed by atoms with Crippen molar-refractivity contribution in [2.45, 2.75) is 57.5 Å². The molecular weight excluding hydrogens is 300 g/mol. The van der Waals surface area contributed by atoms with Gasteiger partial charge >= 0.3 is 0 Å². The van der Waals surface area contributed by atoms with E-state index in [9.17, 15) is 4.79 Å². The molecule has 1 fully saturated rings. The summed E-state index contributed by atoms with van der Waals surface area (Å²) in [5, 5.41) is 4.27. The predicted molar refractivity (Wildman–Crippen MR) is 89.1 cm³/mol. The van der Waals surface area contributed by atoms with Crippen molar-refractivity contribution < 1.29 is 9.53 Å². The van der Waals surface area contributed by atoms with Crippen LogP contribution in [0.1, 0.15) is 50.5 Å². The van der Waals surface area contributed by atoms with Gasteiger partial charge in [-0.05, 0) is 31.0 Å². The Bertz CT molecular complexity index is 486. The van der Waals surface area contributed by atoms with Gasteiger partial charge < -0.3 is 15.8 Å². The molecule has 0 bridgehead atoms. The van der Waals surface area contributed by atoms with E-state index in [0.29, 0.717) is 23.4 Å². The first-order chi connectivity index (χ1) is 10.6. The van der Waals surface area contributed by atoms with Crippen LogP contribution < -0.4 is 15.8 Å². The third-order valence-electron chi connectivity index (χ3n) is 4.08. The summed E-state index contributed by atoms with van der Waals surface area (Å²) >= 11 is 6.07. The summed E-state index contributed by atoms with van der Waals surface area (Å²) < 4.78 is 5.46. The van der Waals surface area contributed by atoms with Crippen LogP contribution in [0.5, 0.6) is 5.75 Å². The second-order valence-electron chi connectivity index (χ2n) is 5.93. The van der Waals surface area contributed by atoms with E-state index in [1.165, 1.54) is 44.9 Å². The number of hydrogen-bond donors (Lipinski definition) is 2. The molecule has 22 heavy (non-hydrogen) atoms. The number of amides is 1. The minimum absolute atomic E-state index is 0.113. The van der Waals surface area contributed by atoms with Crippen molar-refractivity contribution in [2.75, 3.05) is 6.61 Å². The lowest BCUT2D eigenvalue weighted by Crippen LogP contribution is -2.29. The van der Waals surface area contributed by atoms with Crippen LogP contribution in [0.2, 0.25) is 5.02 Å². The zero-order valence-corrected chi connectivity index (χ0v) is 13.7. The van der Waals surface area contributed by atoms with Crippen LogP contribution in [-0.2, 0) is 11.3 Å². The summed E-state index contributed by atoms with van der Waals surface area (Å²) in [5.74, 6) is 0.190. The summed E-state index contributed by atoms with van der Waals surface area (Å²) in [5.41, 5.74) is 6.11. The van der Waals surface area contributed by atoms with Gasteiger partial charge in [0.05, 0.1) is 0 Å². The average molecular weight is 325 g/mol. The van der Waals surface area contributed by atoms with Gasteiger partial charge in [0, 0.05) is 23.2 Å². The summed E-state index contributed by atoms with van der Waals surface area (Å²) in [7, 11) is 0. The molecule has 0 atom stereocenters. The van der Waals surface area contributed by atoms with Crippen molar-refractivity contribution in [3.05, 3.63) is 28.8 Å². The fraction of sp³-hybridized carbons (Fsp3) is 0.588. The molecule has 0 spiro atoms. The highest BCUT2D eigenvalue weighted by Crippen LogP contribution is 2.24. The number of nitrogens with two attached hydrogens (primary N) is 1. The fourth-order valence-corrected chi connectivity index (χ4v) is 3.09. The second kappa shape index (κ2) is 9.01. The van der Waals surface area contributed by atoms with Crippen molar-refractivity contribution in [1.29, 1.82) is 0 Å². The van der Waals surface area contributed by atoms with E-state index in [-0.39, 0.29) is 6.61 Å². The molecule has 1 saturated carbocycles. The number of halogens is 1. The Hall–Kier alpha value is -1.26. The molecule has 0 saturated heterocycles. The number of nitrogens with one attached hydrogen (secondary N) is 1. The molecule has 5 heteroatoms. The Balaban J connectivity index is 1.94. The van der Waals surface area contributed by atoms with Crippen LogP contribution >= 0.6 is 11.6 Å². The lowest BCUT2D eigenvalue weighted by molar-refractivity contribution is -0.119. The number of rotatable bonds is 6. The Morgan fingerprint density at radius 1 is 1.23 bits per heavy atom. The van der Waals surface area contributed by atoms with Crippen LogP contribution in [0.4, 0.5) is 0 Å². The monoisotopic (exact) mass is 324 g/mol. The van der Waals surface area contributed by atoms with Crippen LogP contribution in [-0.4, -0.2) is 18.6 Å². The highest BCUT2D eigenvalue weighted by molar-refractivity contribution is 6.30. The number of primary amides is 1. The molecule has 3 N–H and O–H groups in total. The Labute approximate surface area is 137 Å². The van der Waals surface area contributed by atoms with Gasteiger partial charge in [0.15, 0.2) is 6.61 Å². The minimum atomic E-state index is -0.478. The molecule has 1 aromatic rings. The Kier molecular flexibility index (Phi) is 7.00. The van der Waals surface area contributed by atoms with Crippen molar-refractivity contribution in [1.82, 2.24) is 5.32 Å². The lowest BCUT2D eigenvalue weighted by atomic mass is 9.96. The van der Waals surface area contributed by atoms with Crippen molar-refractivity contribution >= 4 is 17.5 Å². The van der Waals surface area contributed by atoms with Gasteiger partial charge in [-0.2, -0.15) is 0 Å². The topological polar surface area (TPSA) is 64.4 Å². The fourth-order valence-electron chi connectivity index (χ4n) is 2.89. The third kappa shape index (κ3) is 5.85. The van der Waals surface area contributed by atoms with Crippen molar-refractivity contribution in [3.63, 3.8) is 0 Å². The van der Waals surface area contributed by atoms with Crippen molar-refractivity contribution in [3.8, 4) is 5.75 Å². The smallest absolute Gasteiger partial charge is 0.255 e. The van der Waals surface area contributed by atoms with Gasteiger partial charge in [0.25, 0.3) is 5.91 Å². The molecule has 0 heterocycles. The molecule has 122 valence electrons. The predicted octanol–water partition coefficient (Wildman–Crippen LogP) is 3.41. The molecule has 2 rings (SSSR count). The molecule has 1 amide bonds. The van der Waals surface area contributed by atoms with E-state index in [4.69, 9.17) is 22.1 Å². The van der Waals surface area contributed by atoms with Gasteiger partial charge in [-0.25, -0.2) is 0 Å². The Morgan fingerprint density at radius 3 is 2.59 bits per heavy atom. The number of hydrogen-bond acceptors (Lipinski definition) is 3. The van der Waals surface area contributed by atoms with Gasteiger partial charge in [0.2, 0.25) is 0 Å². The quantitative estimate of drug-likeness (QED) is 0.842. The van der Waals surface area contributed by atoms with Crippen LogP contribution in [0.3, 0.4) is 0 Å². The first kappa shape index (κ1) is 17.1. The standard InChI is InChI=1S/C17H25ClN2O2/c18-14-8-9-16(22-12-17(19)21)13(10-14)11-20-15-6-4-2-1-3-5-7-15/h8-10,15,20H,1-7,11-12H2,(H2,19,21). The highest BCUT2D eigenvalue weighted by Gasteiger charge is 2.12. The first-order valence-electron chi connectivity index (χ1n) is 8.08. The van der Waals surface area contributed by atoms with E-state index >= 15 is 0 Å². The summed E-state index contributed by atoms with van der Waals surface area (Å²) in [4.78, 5) is 10.9. The van der Waals surface area contributed by atoms with Gasteiger partial charge in [0.1, 0.15) is 5.75 Å². The number of ether oxygens (including phenoxy) is 1. The van der Waals surface area contributed by atoms with E-state index in [1.54, 1.807) is 12.1 Å². The third-order valence-corrected chi connectivity index (χ3v) is 4.31. The molecule has 4 nitrogen and oxygen atoms in total. The van der Waals surface area contributed by atoms with E-state index < -0.39 is 5.91 Å². The second-order valence-corrected chi connectivity index (χ2v) is 6.37. The van der Waals surface area contributed by atoms with E-state index in [1.807, 2.05) is 6.07 Å². The normalized spacial score (nSPS) is 16.8. The number of benzene rings is 1. The number of carbonyl (C=O) groups is 1. The van der Waals surface area contributed by atoms with Crippen LogP contribution in [0.15, 0.2) is 18.2 Å². The van der Waals surface area contributed by atoms with Gasteiger partial charge in [-0.1, -0.05) is 43.7 Å². The first-order valence-corrected chi connectivity index (χ1v) is 8.46. The molecule has 0 unspecified atom stereocenters. The highest BCUT2D eigenvalue weighted by atomic mass is 35.5. The maximum absolute atomic E-state index is 10.9. The molecular formula is C17H25ClN2O2. The average Bonchev–Trinajstić information content (AvgIpc) is 2.45. The van der Waals surface area contributed by atoms with Crippen LogP contribution in [0.25, 0.3) is 0 Å². The molecule has 0 aliphatic heterocycles. The molecule has 1 aliphatic rings. The summed E-state index contributed by atoms with van der Waals surface area (Å²) in [6.07, 6.45) is 9.06. The van der Waals surface area contributed by atoms with Crippen LogP contribution in [0, 0.1) is 0 Å². The molecule has 1 aliphatic carbocycles. The van der Waals surface area contributed by atoms with E-state index in [0.717, 1.165) is 5.56 Å². The molecule has 1 aromatic carbocycles. The molecule has 0 radical (unpaired) electrons. The largest absolute Gasteiger partial charge is 0.483 e. The lowest BCUT2D eigenvalue weighted by Gasteiger charge is -2.22. The molecule has 0 aromatic heterocycles. The number of carbonyl (C=O) groups excluding carboxylic acids is 1. The maximum Gasteiger partial charge on any atom is 0.255 e. The SMILES string of the molecule is NC(=O)COc1ccc(Cl)cc1CNC1CCCCCCC1. The minimum Gasteiger partial charge on any atom is -0.483 e. The zero-order valence-electron chi connectivity index (χ0n) is 12.9. The maximum atomic E-state index is 10.9. The van der Waals surface area contributed by atoms with E-state index in [2.05, 4.69) is 5.32 Å². The van der Waals surface area contributed by atoms with Gasteiger partial charge in [-0.3, -0.25) is 4.79 Å².